The molecular weight excluding hydrogens is 496 g/mol. The predicted molar refractivity (Wildman–Crippen MR) is 144 cm³/mol. The number of piperidine rings is 1. The van der Waals surface area contributed by atoms with Crippen molar-refractivity contribution in [3.05, 3.63) is 65.6 Å². The van der Waals surface area contributed by atoms with Crippen LogP contribution in [0.5, 0.6) is 0 Å². The van der Waals surface area contributed by atoms with Crippen LogP contribution in [0.15, 0.2) is 48.8 Å². The lowest BCUT2D eigenvalue weighted by atomic mass is 9.80. The summed E-state index contributed by atoms with van der Waals surface area (Å²) in [6.45, 7) is 0.727. The van der Waals surface area contributed by atoms with Crippen LogP contribution in [0.25, 0.3) is 5.57 Å². The molecule has 1 atom stereocenters. The van der Waals surface area contributed by atoms with Crippen molar-refractivity contribution in [3.63, 3.8) is 0 Å². The van der Waals surface area contributed by atoms with Crippen LogP contribution in [-0.4, -0.2) is 57.9 Å². The number of carbonyl (C=O) groups excluding carboxylic acids is 4. The van der Waals surface area contributed by atoms with Crippen molar-refractivity contribution in [1.82, 2.24) is 20.5 Å². The highest BCUT2D eigenvalue weighted by molar-refractivity contribution is 6.24. The van der Waals surface area contributed by atoms with Crippen molar-refractivity contribution in [2.75, 3.05) is 11.9 Å². The molecule has 3 fully saturated rings. The number of hydrogen-bond acceptors (Lipinski definition) is 8. The zero-order valence-electron chi connectivity index (χ0n) is 21.4. The van der Waals surface area contributed by atoms with Gasteiger partial charge in [0.15, 0.2) is 0 Å². The Hall–Kier alpha value is -4.34. The van der Waals surface area contributed by atoms with Crippen LogP contribution >= 0.6 is 0 Å². The lowest BCUT2D eigenvalue weighted by Crippen LogP contribution is -2.54. The van der Waals surface area contributed by atoms with E-state index in [0.29, 0.717) is 23.6 Å². The average molecular weight is 527 g/mol. The van der Waals surface area contributed by atoms with Gasteiger partial charge in [-0.05, 0) is 68.4 Å². The van der Waals surface area contributed by atoms with Gasteiger partial charge in [-0.15, -0.1) is 0 Å². The number of benzene rings is 1. The smallest absolute Gasteiger partial charge is 0.262 e. The van der Waals surface area contributed by atoms with Crippen molar-refractivity contribution in [2.45, 2.75) is 50.6 Å². The van der Waals surface area contributed by atoms with Crippen LogP contribution in [0.3, 0.4) is 0 Å². The molecule has 10 nitrogen and oxygen atoms in total. The molecule has 1 aromatic heterocycles. The molecule has 1 unspecified atom stereocenters. The van der Waals surface area contributed by atoms with Gasteiger partial charge in [0.2, 0.25) is 11.8 Å². The number of nitrogens with one attached hydrogen (secondary N) is 4. The molecule has 6 rings (SSSR count). The summed E-state index contributed by atoms with van der Waals surface area (Å²) in [4.78, 5) is 55.1. The first kappa shape index (κ1) is 25.0. The van der Waals surface area contributed by atoms with Gasteiger partial charge in [-0.1, -0.05) is 6.07 Å². The predicted octanol–water partition coefficient (Wildman–Crippen LogP) is 2.73. The quantitative estimate of drug-likeness (QED) is 0.290. The van der Waals surface area contributed by atoms with E-state index in [1.807, 2.05) is 24.4 Å². The van der Waals surface area contributed by atoms with Crippen molar-refractivity contribution in [3.8, 4) is 0 Å². The van der Waals surface area contributed by atoms with E-state index in [1.54, 1.807) is 24.4 Å². The summed E-state index contributed by atoms with van der Waals surface area (Å²) in [6.07, 6.45) is 8.02. The second kappa shape index (κ2) is 10.1. The summed E-state index contributed by atoms with van der Waals surface area (Å²) >= 11 is 0. The lowest BCUT2D eigenvalue weighted by molar-refractivity contribution is -0.136. The van der Waals surface area contributed by atoms with Crippen LogP contribution in [0.4, 0.5) is 5.69 Å². The maximum Gasteiger partial charge on any atom is 0.262 e. The van der Waals surface area contributed by atoms with Crippen molar-refractivity contribution < 1.29 is 19.2 Å². The third-order valence-electron chi connectivity index (χ3n) is 7.95. The highest BCUT2D eigenvalue weighted by atomic mass is 16.2. The van der Waals surface area contributed by atoms with E-state index in [9.17, 15) is 19.2 Å². The first-order chi connectivity index (χ1) is 18.9. The Morgan fingerprint density at radius 3 is 2.56 bits per heavy atom. The molecule has 1 aromatic carbocycles. The van der Waals surface area contributed by atoms with E-state index < -0.39 is 29.7 Å². The molecule has 10 heteroatoms. The monoisotopic (exact) mass is 526 g/mol. The molecule has 4 amide bonds. The molecule has 2 aliphatic heterocycles. The molecule has 0 spiro atoms. The van der Waals surface area contributed by atoms with E-state index in [2.05, 4.69) is 20.9 Å². The maximum absolute atomic E-state index is 13.0. The van der Waals surface area contributed by atoms with Crippen molar-refractivity contribution in [2.24, 2.45) is 11.8 Å². The zero-order valence-corrected chi connectivity index (χ0v) is 21.4. The number of amides is 4. The third-order valence-corrected chi connectivity index (χ3v) is 7.95. The van der Waals surface area contributed by atoms with E-state index >= 15 is 0 Å². The number of anilines is 1. The third kappa shape index (κ3) is 4.94. The fourth-order valence-corrected chi connectivity index (χ4v) is 5.49. The summed E-state index contributed by atoms with van der Waals surface area (Å²) in [5.74, 6) is -1.23. The Labute approximate surface area is 225 Å². The second-order valence-electron chi connectivity index (χ2n) is 10.8. The number of rotatable bonds is 9. The molecule has 2 aliphatic carbocycles. The van der Waals surface area contributed by atoms with Gasteiger partial charge >= 0.3 is 0 Å². The van der Waals surface area contributed by atoms with Gasteiger partial charge < -0.3 is 16.0 Å². The van der Waals surface area contributed by atoms with Crippen molar-refractivity contribution in [1.29, 1.82) is 5.41 Å². The van der Waals surface area contributed by atoms with E-state index in [1.165, 1.54) is 0 Å². The van der Waals surface area contributed by atoms with E-state index in [4.69, 9.17) is 5.41 Å². The Morgan fingerprint density at radius 1 is 1.05 bits per heavy atom. The topological polar surface area (TPSA) is 144 Å². The number of imide groups is 2. The molecular formula is C29H30N6O4. The molecule has 200 valence electrons. The Balaban J connectivity index is 1.03. The fraction of sp³-hybridized carbons (Fsp3) is 0.379. The van der Waals surface area contributed by atoms with Gasteiger partial charge in [0.1, 0.15) is 6.04 Å². The van der Waals surface area contributed by atoms with Crippen LogP contribution in [0.2, 0.25) is 0 Å². The average Bonchev–Trinajstić information content (AvgIpc) is 3.73. The minimum absolute atomic E-state index is 0.0944. The summed E-state index contributed by atoms with van der Waals surface area (Å²) in [5.41, 5.74) is 3.62. The van der Waals surface area contributed by atoms with E-state index in [0.717, 1.165) is 54.1 Å². The number of fused-ring (bicyclic) bond motifs is 1. The minimum atomic E-state index is -0.967. The summed E-state index contributed by atoms with van der Waals surface area (Å²) in [7, 11) is 0. The Morgan fingerprint density at radius 2 is 1.85 bits per heavy atom. The molecule has 4 N–H and O–H groups in total. The molecule has 0 radical (unpaired) electrons. The van der Waals surface area contributed by atoms with Gasteiger partial charge in [-0.3, -0.25) is 34.4 Å². The van der Waals surface area contributed by atoms with Gasteiger partial charge in [-0.2, -0.15) is 0 Å². The molecule has 0 bridgehead atoms. The highest BCUT2D eigenvalue weighted by Gasteiger charge is 2.44. The number of carbonyl (C=O) groups is 4. The normalized spacial score (nSPS) is 24.7. The van der Waals surface area contributed by atoms with Gasteiger partial charge in [0, 0.05) is 54.3 Å². The van der Waals surface area contributed by atoms with Crippen LogP contribution in [0, 0.1) is 17.2 Å². The SMILES string of the molecule is N=C(/C(=C\NC1CC(CNc2ccc3c(c2)C(=O)N(C2CCC(=O)NC2=O)C3=O)C1)c1ccccn1)C1CC1. The van der Waals surface area contributed by atoms with Crippen LogP contribution in [0.1, 0.15) is 64.9 Å². The highest BCUT2D eigenvalue weighted by Crippen LogP contribution is 2.35. The molecule has 2 saturated carbocycles. The number of hydrogen-bond donors (Lipinski definition) is 4. The van der Waals surface area contributed by atoms with Crippen LogP contribution in [-0.2, 0) is 9.59 Å². The minimum Gasteiger partial charge on any atom is -0.388 e. The van der Waals surface area contributed by atoms with Crippen LogP contribution < -0.4 is 16.0 Å². The fourth-order valence-electron chi connectivity index (χ4n) is 5.49. The van der Waals surface area contributed by atoms with Gasteiger partial charge in [0.05, 0.1) is 16.8 Å². The number of aromatic nitrogens is 1. The molecule has 2 aromatic rings. The lowest BCUT2D eigenvalue weighted by Gasteiger charge is -2.36. The first-order valence-corrected chi connectivity index (χ1v) is 13.4. The zero-order chi connectivity index (χ0) is 27.1. The number of nitrogens with zero attached hydrogens (tertiary/aromatic N) is 2. The summed E-state index contributed by atoms with van der Waals surface area (Å²) < 4.78 is 0. The van der Waals surface area contributed by atoms with Gasteiger partial charge in [-0.25, -0.2) is 0 Å². The standard InChI is InChI=1S/C29H30N6O4/c30-26(17-4-5-17)22(23-3-1-2-10-31-23)15-33-19-11-16(12-19)14-32-18-6-7-20-21(13-18)29(39)35(28(20)38)24-8-9-25(36)34-27(24)37/h1-3,6-7,10,13,15-17,19,24,30,32-33H,4-5,8-9,11-12,14H2,(H,34,36,37)/b22-15-,30-26?. The number of pyridine rings is 1. The second-order valence-corrected chi connectivity index (χ2v) is 10.8. The van der Waals surface area contributed by atoms with Gasteiger partial charge in [0.25, 0.3) is 11.8 Å². The largest absolute Gasteiger partial charge is 0.388 e. The summed E-state index contributed by atoms with van der Waals surface area (Å²) in [6, 6.07) is 10.2. The van der Waals surface area contributed by atoms with E-state index in [-0.39, 0.29) is 24.0 Å². The first-order valence-electron chi connectivity index (χ1n) is 13.4. The number of allylic oxidation sites excluding steroid dienone is 1. The molecule has 4 aliphatic rings. The molecule has 39 heavy (non-hydrogen) atoms. The van der Waals surface area contributed by atoms with Crippen molar-refractivity contribution >= 4 is 40.6 Å². The summed E-state index contributed by atoms with van der Waals surface area (Å²) in [5, 5.41) is 17.6. The molecule has 1 saturated heterocycles. The molecule has 3 heterocycles. The Kier molecular flexibility index (Phi) is 6.46. The maximum atomic E-state index is 13.0. The Bertz CT molecular complexity index is 1390.